The van der Waals surface area contributed by atoms with Crippen molar-refractivity contribution >= 4 is 24.6 Å². The lowest BCUT2D eigenvalue weighted by molar-refractivity contribution is -0.144. The molecule has 2 fully saturated rings. The average molecular weight is 410 g/mol. The van der Waals surface area contributed by atoms with Crippen LogP contribution in [0.25, 0.3) is 0 Å². The van der Waals surface area contributed by atoms with Gasteiger partial charge in [-0.15, -0.1) is 0 Å². The van der Waals surface area contributed by atoms with Crippen molar-refractivity contribution in [2.75, 3.05) is 13.2 Å². The van der Waals surface area contributed by atoms with E-state index in [0.29, 0.717) is 26.0 Å². The Balaban J connectivity index is 1.73. The summed E-state index contributed by atoms with van der Waals surface area (Å²) in [5.41, 5.74) is -1.04. The summed E-state index contributed by atoms with van der Waals surface area (Å²) in [6, 6.07) is 21.1. The Morgan fingerprint density at radius 1 is 1.07 bits per heavy atom. The molecule has 1 amide bonds. The highest BCUT2D eigenvalue weighted by Gasteiger charge is 2.56. The van der Waals surface area contributed by atoms with Crippen molar-refractivity contribution in [3.63, 3.8) is 0 Å². The molecule has 154 valence electrons. The number of nitrogens with zero attached hydrogens (tertiary/aromatic N) is 1. The fourth-order valence-electron chi connectivity index (χ4n) is 5.24. The summed E-state index contributed by atoms with van der Waals surface area (Å²) in [5, 5.41) is 13.6. The predicted octanol–water partition coefficient (Wildman–Crippen LogP) is 2.89. The van der Waals surface area contributed by atoms with Crippen molar-refractivity contribution in [2.45, 2.75) is 50.8 Å². The van der Waals surface area contributed by atoms with Crippen LogP contribution < -0.4 is 10.4 Å². The Kier molecular flexibility index (Phi) is 5.17. The van der Waals surface area contributed by atoms with Gasteiger partial charge in [0, 0.05) is 31.9 Å². The molecule has 4 rings (SSSR count). The molecular formula is C24H31NO3Si. The van der Waals surface area contributed by atoms with Crippen LogP contribution in [0.1, 0.15) is 40.0 Å². The lowest BCUT2D eigenvalue weighted by atomic mass is 9.95. The zero-order valence-corrected chi connectivity index (χ0v) is 18.6. The Morgan fingerprint density at radius 3 is 2.14 bits per heavy atom. The maximum atomic E-state index is 12.1. The van der Waals surface area contributed by atoms with E-state index in [1.165, 1.54) is 10.4 Å². The van der Waals surface area contributed by atoms with E-state index in [4.69, 9.17) is 4.43 Å². The van der Waals surface area contributed by atoms with Gasteiger partial charge < -0.3 is 14.4 Å². The van der Waals surface area contributed by atoms with Crippen LogP contribution in [0.4, 0.5) is 0 Å². The molecule has 2 aliphatic rings. The van der Waals surface area contributed by atoms with E-state index in [1.54, 1.807) is 4.90 Å². The monoisotopic (exact) mass is 409 g/mol. The molecule has 0 spiro atoms. The van der Waals surface area contributed by atoms with Gasteiger partial charge in [-0.2, -0.15) is 0 Å². The van der Waals surface area contributed by atoms with Gasteiger partial charge in [0.15, 0.2) is 0 Å². The van der Waals surface area contributed by atoms with E-state index in [2.05, 4.69) is 69.3 Å². The number of aliphatic hydroxyl groups is 1. The topological polar surface area (TPSA) is 49.8 Å². The molecule has 0 bridgehead atoms. The Hall–Kier alpha value is -1.95. The average Bonchev–Trinajstić information content (AvgIpc) is 3.18. The van der Waals surface area contributed by atoms with Gasteiger partial charge >= 0.3 is 0 Å². The van der Waals surface area contributed by atoms with Crippen LogP contribution >= 0.6 is 0 Å². The summed E-state index contributed by atoms with van der Waals surface area (Å²) in [5.74, 6) is 0.0241. The lowest BCUT2D eigenvalue weighted by Gasteiger charge is -2.44. The Bertz CT molecular complexity index is 825. The fourth-order valence-corrected chi connectivity index (χ4v) is 9.85. The van der Waals surface area contributed by atoms with Crippen LogP contribution in [0.5, 0.6) is 0 Å². The molecule has 0 aromatic heterocycles. The summed E-state index contributed by atoms with van der Waals surface area (Å²) in [7, 11) is -2.63. The second-order valence-corrected chi connectivity index (χ2v) is 13.7. The lowest BCUT2D eigenvalue weighted by Crippen LogP contribution is -2.67. The Labute approximate surface area is 174 Å². The number of hydrogen-bond acceptors (Lipinski definition) is 3. The van der Waals surface area contributed by atoms with Gasteiger partial charge in [-0.1, -0.05) is 81.4 Å². The van der Waals surface area contributed by atoms with E-state index < -0.39 is 14.0 Å². The number of carbonyl (C=O) groups excluding carboxylic acids is 1. The fraction of sp³-hybridized carbons (Fsp3) is 0.458. The largest absolute Gasteiger partial charge is 0.407 e. The third kappa shape index (κ3) is 3.25. The molecule has 2 aromatic rings. The molecule has 2 aliphatic heterocycles. The predicted molar refractivity (Wildman–Crippen MR) is 118 cm³/mol. The van der Waals surface area contributed by atoms with E-state index >= 15 is 0 Å². The van der Waals surface area contributed by atoms with E-state index in [-0.39, 0.29) is 16.9 Å². The molecular weight excluding hydrogens is 378 g/mol. The maximum absolute atomic E-state index is 12.1. The van der Waals surface area contributed by atoms with Gasteiger partial charge in [-0.05, 0) is 21.8 Å². The molecule has 1 N–H and O–H groups in total. The maximum Gasteiger partial charge on any atom is 0.261 e. The van der Waals surface area contributed by atoms with E-state index in [0.717, 1.165) is 6.42 Å². The summed E-state index contributed by atoms with van der Waals surface area (Å²) in [6.07, 6.45) is 1.74. The van der Waals surface area contributed by atoms with E-state index in [1.807, 2.05) is 12.1 Å². The van der Waals surface area contributed by atoms with Crippen molar-refractivity contribution in [3.05, 3.63) is 60.7 Å². The van der Waals surface area contributed by atoms with Crippen molar-refractivity contribution in [2.24, 2.45) is 5.92 Å². The minimum Gasteiger partial charge on any atom is -0.407 e. The van der Waals surface area contributed by atoms with Crippen molar-refractivity contribution < 1.29 is 14.3 Å². The first-order valence-electron chi connectivity index (χ1n) is 10.6. The molecule has 4 nitrogen and oxygen atoms in total. The van der Waals surface area contributed by atoms with Crippen LogP contribution in [0, 0.1) is 5.92 Å². The summed E-state index contributed by atoms with van der Waals surface area (Å²) in [4.78, 5) is 13.8. The normalized spacial score (nSPS) is 24.8. The number of fused-ring (bicyclic) bond motifs is 1. The SMILES string of the molecule is CC(C)(C)[Si](OC[C@@H]1CCN2C(=O)CCC12O)(c1ccccc1)c1ccccc1. The third-order valence-corrected chi connectivity index (χ3v) is 11.8. The van der Waals surface area contributed by atoms with Gasteiger partial charge in [0.25, 0.3) is 8.32 Å². The van der Waals surface area contributed by atoms with Crippen LogP contribution in [0.3, 0.4) is 0 Å². The van der Waals surface area contributed by atoms with Crippen molar-refractivity contribution in [3.8, 4) is 0 Å². The second kappa shape index (κ2) is 7.38. The molecule has 5 heteroatoms. The molecule has 2 saturated heterocycles. The molecule has 0 aliphatic carbocycles. The minimum absolute atomic E-state index is 0.0457. The van der Waals surface area contributed by atoms with Gasteiger partial charge in [-0.25, -0.2) is 0 Å². The van der Waals surface area contributed by atoms with E-state index in [9.17, 15) is 9.90 Å². The van der Waals surface area contributed by atoms with Crippen LogP contribution in [0.2, 0.25) is 5.04 Å². The molecule has 2 heterocycles. The number of rotatable bonds is 5. The molecule has 2 aromatic carbocycles. The number of amides is 1. The zero-order chi connectivity index (χ0) is 20.7. The second-order valence-electron chi connectivity index (χ2n) is 9.38. The first-order valence-corrected chi connectivity index (χ1v) is 12.5. The highest BCUT2D eigenvalue weighted by Crippen LogP contribution is 2.43. The molecule has 29 heavy (non-hydrogen) atoms. The van der Waals surface area contributed by atoms with Crippen LogP contribution in [0.15, 0.2) is 60.7 Å². The van der Waals surface area contributed by atoms with Crippen molar-refractivity contribution in [1.29, 1.82) is 0 Å². The highest BCUT2D eigenvalue weighted by molar-refractivity contribution is 6.99. The first-order chi connectivity index (χ1) is 13.8. The quantitative estimate of drug-likeness (QED) is 0.773. The first kappa shape index (κ1) is 20.3. The number of carbonyl (C=O) groups is 1. The van der Waals surface area contributed by atoms with Crippen molar-refractivity contribution in [1.82, 2.24) is 4.90 Å². The standard InChI is InChI=1S/C24H31NO3Si/c1-23(2,3)29(20-10-6-4-7-11-20,21-12-8-5-9-13-21)28-18-19-15-17-25-22(26)14-16-24(19,25)27/h4-13,19,27H,14-18H2,1-3H3/t19-,24?/m0/s1. The van der Waals surface area contributed by atoms with Gasteiger partial charge in [0.05, 0.1) is 0 Å². The zero-order valence-electron chi connectivity index (χ0n) is 17.6. The minimum atomic E-state index is -2.63. The van der Waals surface area contributed by atoms with Gasteiger partial charge in [0.1, 0.15) is 5.72 Å². The summed E-state index contributed by atoms with van der Waals surface area (Å²) >= 11 is 0. The summed E-state index contributed by atoms with van der Waals surface area (Å²) in [6.45, 7) is 7.87. The molecule has 0 saturated carbocycles. The number of hydrogen-bond donors (Lipinski definition) is 1. The summed E-state index contributed by atoms with van der Waals surface area (Å²) < 4.78 is 7.00. The van der Waals surface area contributed by atoms with Gasteiger partial charge in [0.2, 0.25) is 5.91 Å². The van der Waals surface area contributed by atoms with Crippen LogP contribution in [-0.2, 0) is 9.22 Å². The molecule has 0 radical (unpaired) electrons. The molecule has 1 unspecified atom stereocenters. The number of benzene rings is 2. The third-order valence-electron chi connectivity index (χ3n) is 6.75. The Morgan fingerprint density at radius 2 is 1.62 bits per heavy atom. The van der Waals surface area contributed by atoms with Gasteiger partial charge in [-0.3, -0.25) is 4.79 Å². The smallest absolute Gasteiger partial charge is 0.261 e. The van der Waals surface area contributed by atoms with Crippen LogP contribution in [-0.4, -0.2) is 43.1 Å². The highest BCUT2D eigenvalue weighted by atomic mass is 28.4. The molecule has 2 atom stereocenters.